The number of anilines is 4. The molecule has 0 fully saturated rings. The highest BCUT2D eigenvalue weighted by molar-refractivity contribution is 5.98. The minimum Gasteiger partial charge on any atom is -0.443 e. The van der Waals surface area contributed by atoms with Crippen molar-refractivity contribution in [3.63, 3.8) is 0 Å². The van der Waals surface area contributed by atoms with Crippen LogP contribution in [0, 0.1) is 0 Å². The smallest absolute Gasteiger partial charge is 0.419 e. The van der Waals surface area contributed by atoms with Gasteiger partial charge in [0, 0.05) is 24.5 Å². The van der Waals surface area contributed by atoms with Crippen molar-refractivity contribution in [2.75, 3.05) is 34.4 Å². The van der Waals surface area contributed by atoms with Crippen LogP contribution in [0.1, 0.15) is 52.7 Å². The summed E-state index contributed by atoms with van der Waals surface area (Å²) in [6.07, 6.45) is 4.26. The molecule has 0 spiro atoms. The first-order chi connectivity index (χ1) is 18.2. The fourth-order valence-corrected chi connectivity index (χ4v) is 4.68. The third kappa shape index (κ3) is 6.37. The molecule has 0 bridgehead atoms. The molecule has 0 saturated carbocycles. The predicted octanol–water partition coefficient (Wildman–Crippen LogP) is 5.50. The molecule has 0 atom stereocenters. The number of nitrogens with one attached hydrogen (secondary N) is 1. The molecule has 9 nitrogen and oxygen atoms in total. The Bertz CT molecular complexity index is 1230. The van der Waals surface area contributed by atoms with Gasteiger partial charge in [0.2, 0.25) is 0 Å². The number of nitrogen functional groups attached to an aromatic ring is 2. The number of hydrogen-bond acceptors (Lipinski definition) is 7. The van der Waals surface area contributed by atoms with E-state index in [2.05, 4.69) is 5.32 Å². The predicted molar refractivity (Wildman–Crippen MR) is 156 cm³/mol. The van der Waals surface area contributed by atoms with Gasteiger partial charge in [-0.15, -0.1) is 0 Å². The van der Waals surface area contributed by atoms with Gasteiger partial charge in [0.25, 0.3) is 0 Å². The number of nitrogens with two attached hydrogens (primary N) is 2. The van der Waals surface area contributed by atoms with Gasteiger partial charge >= 0.3 is 12.2 Å². The molecule has 0 radical (unpaired) electrons. The van der Waals surface area contributed by atoms with Gasteiger partial charge in [0.05, 0.1) is 22.7 Å². The number of para-hydroxylation sites is 2. The molecule has 2 aromatic rings. The van der Waals surface area contributed by atoms with Crippen molar-refractivity contribution in [3.05, 3.63) is 71.1 Å². The third-order valence-electron chi connectivity index (χ3n) is 6.20. The molecule has 5 N–H and O–H groups in total. The van der Waals surface area contributed by atoms with Crippen molar-refractivity contribution < 1.29 is 19.1 Å². The molecule has 2 aliphatic heterocycles. The standard InChI is InChI=1S/C30H39N5O4/c1-29(2,3)38-27(36)34-21(15-13-19-9-7-11-23(31)25(19)34)17-33-18-22-16-14-20-10-8-12-24(32)26(20)35(22)28(37)39-30(4,5)6/h7-12,15-16,33H,13-14,17-18,31-32H2,1-6H3. The Morgan fingerprint density at radius 3 is 1.49 bits per heavy atom. The van der Waals surface area contributed by atoms with Gasteiger partial charge in [-0.2, -0.15) is 0 Å². The largest absolute Gasteiger partial charge is 0.443 e. The second-order valence-electron chi connectivity index (χ2n) is 11.7. The third-order valence-corrected chi connectivity index (χ3v) is 6.20. The lowest BCUT2D eigenvalue weighted by molar-refractivity contribution is 0.0581. The number of nitrogens with zero attached hydrogens (tertiary/aromatic N) is 2. The van der Waals surface area contributed by atoms with Crippen LogP contribution in [0.5, 0.6) is 0 Å². The van der Waals surface area contributed by atoms with Crippen LogP contribution < -0.4 is 26.6 Å². The fourth-order valence-electron chi connectivity index (χ4n) is 4.68. The summed E-state index contributed by atoms with van der Waals surface area (Å²) in [5, 5.41) is 3.40. The first-order valence-electron chi connectivity index (χ1n) is 13.1. The van der Waals surface area contributed by atoms with Crippen LogP contribution in [0.3, 0.4) is 0 Å². The van der Waals surface area contributed by atoms with E-state index in [0.717, 1.165) is 22.5 Å². The monoisotopic (exact) mass is 533 g/mol. The Morgan fingerprint density at radius 2 is 1.13 bits per heavy atom. The molecule has 2 amide bonds. The zero-order valence-corrected chi connectivity index (χ0v) is 23.6. The van der Waals surface area contributed by atoms with E-state index < -0.39 is 23.4 Å². The summed E-state index contributed by atoms with van der Waals surface area (Å²) in [7, 11) is 0. The van der Waals surface area contributed by atoms with Crippen molar-refractivity contribution in [2.45, 2.75) is 65.6 Å². The van der Waals surface area contributed by atoms with Gasteiger partial charge in [0.15, 0.2) is 0 Å². The summed E-state index contributed by atoms with van der Waals surface area (Å²) in [5.41, 5.74) is 16.9. The van der Waals surface area contributed by atoms with Gasteiger partial charge in [-0.05, 0) is 77.6 Å². The molecule has 208 valence electrons. The number of carbonyl (C=O) groups excluding carboxylic acids is 2. The highest BCUT2D eigenvalue weighted by Crippen LogP contribution is 2.37. The van der Waals surface area contributed by atoms with Gasteiger partial charge in [0.1, 0.15) is 11.2 Å². The normalized spacial score (nSPS) is 15.1. The van der Waals surface area contributed by atoms with Crippen molar-refractivity contribution in [1.82, 2.24) is 5.32 Å². The number of hydrogen-bond donors (Lipinski definition) is 3. The van der Waals surface area contributed by atoms with Crippen molar-refractivity contribution in [1.29, 1.82) is 0 Å². The second kappa shape index (κ2) is 10.6. The average molecular weight is 534 g/mol. The minimum atomic E-state index is -0.676. The van der Waals surface area contributed by atoms with Crippen LogP contribution in [0.2, 0.25) is 0 Å². The fraction of sp³-hybridized carbons (Fsp3) is 0.400. The lowest BCUT2D eigenvalue weighted by Gasteiger charge is -2.35. The van der Waals surface area contributed by atoms with Crippen LogP contribution in [0.15, 0.2) is 59.9 Å². The topological polar surface area (TPSA) is 123 Å². The average Bonchev–Trinajstić information content (AvgIpc) is 2.82. The maximum absolute atomic E-state index is 13.3. The molecule has 0 aromatic heterocycles. The molecular weight excluding hydrogens is 494 g/mol. The quantitative estimate of drug-likeness (QED) is 0.443. The molecule has 4 rings (SSSR count). The van der Waals surface area contributed by atoms with Crippen LogP contribution in [0.25, 0.3) is 0 Å². The Kier molecular flexibility index (Phi) is 7.66. The van der Waals surface area contributed by atoms with E-state index in [4.69, 9.17) is 20.9 Å². The van der Waals surface area contributed by atoms with E-state index in [1.807, 2.05) is 78.0 Å². The summed E-state index contributed by atoms with van der Waals surface area (Å²) in [5.74, 6) is 0. The second-order valence-corrected chi connectivity index (χ2v) is 11.7. The summed E-state index contributed by atoms with van der Waals surface area (Å²) in [4.78, 5) is 29.8. The molecule has 39 heavy (non-hydrogen) atoms. The lowest BCUT2D eigenvalue weighted by atomic mass is 10.0. The Morgan fingerprint density at radius 1 is 0.744 bits per heavy atom. The zero-order valence-electron chi connectivity index (χ0n) is 23.6. The number of allylic oxidation sites excluding steroid dienone is 2. The van der Waals surface area contributed by atoms with Gasteiger partial charge < -0.3 is 26.3 Å². The number of rotatable bonds is 4. The van der Waals surface area contributed by atoms with E-state index in [0.29, 0.717) is 48.7 Å². The summed E-state index contributed by atoms with van der Waals surface area (Å²) < 4.78 is 11.5. The number of benzene rings is 2. The van der Waals surface area contributed by atoms with Gasteiger partial charge in [-0.3, -0.25) is 0 Å². The number of fused-ring (bicyclic) bond motifs is 2. The molecule has 2 aromatic carbocycles. The van der Waals surface area contributed by atoms with Gasteiger partial charge in [-0.1, -0.05) is 36.4 Å². The zero-order chi connectivity index (χ0) is 28.5. The number of ether oxygens (including phenoxy) is 2. The Hall–Kier alpha value is -3.98. The molecule has 0 saturated heterocycles. The SMILES string of the molecule is CC(C)(C)OC(=O)N1C(CNCC2=CCc3cccc(N)c3N2C(=O)OC(C)(C)C)=CCc2cccc(N)c21. The molecule has 2 aliphatic rings. The van der Waals surface area contributed by atoms with Crippen molar-refractivity contribution in [2.24, 2.45) is 0 Å². The van der Waals surface area contributed by atoms with E-state index in [9.17, 15) is 9.59 Å². The van der Waals surface area contributed by atoms with Crippen molar-refractivity contribution in [3.8, 4) is 0 Å². The maximum Gasteiger partial charge on any atom is 0.419 e. The Balaban J connectivity index is 1.57. The maximum atomic E-state index is 13.3. The molecular formula is C30H39N5O4. The number of amides is 2. The van der Waals surface area contributed by atoms with Crippen LogP contribution in [-0.4, -0.2) is 36.5 Å². The van der Waals surface area contributed by atoms with Gasteiger partial charge in [-0.25, -0.2) is 19.4 Å². The lowest BCUT2D eigenvalue weighted by Crippen LogP contribution is -2.43. The summed E-state index contributed by atoms with van der Waals surface area (Å²) in [6.45, 7) is 11.7. The number of carbonyl (C=O) groups is 2. The molecule has 9 heteroatoms. The van der Waals surface area contributed by atoms with Crippen molar-refractivity contribution >= 4 is 34.9 Å². The highest BCUT2D eigenvalue weighted by atomic mass is 16.6. The van der Waals surface area contributed by atoms with E-state index >= 15 is 0 Å². The molecule has 0 aliphatic carbocycles. The molecule has 0 unspecified atom stereocenters. The van der Waals surface area contributed by atoms with Crippen LogP contribution >= 0.6 is 0 Å². The van der Waals surface area contributed by atoms with Crippen LogP contribution in [0.4, 0.5) is 32.3 Å². The van der Waals surface area contributed by atoms with E-state index in [-0.39, 0.29) is 0 Å². The first kappa shape index (κ1) is 28.0. The van der Waals surface area contributed by atoms with E-state index in [1.54, 1.807) is 21.9 Å². The Labute approximate surface area is 230 Å². The van der Waals surface area contributed by atoms with E-state index in [1.165, 1.54) is 0 Å². The minimum absolute atomic E-state index is 0.337. The molecule has 2 heterocycles. The summed E-state index contributed by atoms with van der Waals surface area (Å²) >= 11 is 0. The summed E-state index contributed by atoms with van der Waals surface area (Å²) in [6, 6.07) is 11.2. The highest BCUT2D eigenvalue weighted by Gasteiger charge is 2.33. The van der Waals surface area contributed by atoms with Crippen LogP contribution in [-0.2, 0) is 22.3 Å². The first-order valence-corrected chi connectivity index (χ1v) is 13.1.